The van der Waals surface area contributed by atoms with Crippen molar-refractivity contribution in [1.29, 1.82) is 0 Å². The molecule has 0 amide bonds. The van der Waals surface area contributed by atoms with Crippen LogP contribution in [-0.2, 0) is 6.54 Å². The first-order chi connectivity index (χ1) is 14.1. The summed E-state index contributed by atoms with van der Waals surface area (Å²) in [5, 5.41) is 7.57. The van der Waals surface area contributed by atoms with Gasteiger partial charge in [-0.25, -0.2) is 4.98 Å². The fraction of sp³-hybridized carbons (Fsp3) is 0.429. The molecule has 1 atom stereocenters. The smallest absolute Gasteiger partial charge is 0.213 e. The van der Waals surface area contributed by atoms with Gasteiger partial charge < -0.3 is 25.0 Å². The Labute approximate surface area is 177 Å². The molecule has 8 heteroatoms. The largest absolute Gasteiger partial charge is 0.495 e. The fourth-order valence-electron chi connectivity index (χ4n) is 3.37. The summed E-state index contributed by atoms with van der Waals surface area (Å²) in [6, 6.07) is 9.89. The number of hydrogen-bond donors (Lipinski definition) is 2. The maximum atomic E-state index is 6.19. The van der Waals surface area contributed by atoms with E-state index in [0.717, 1.165) is 42.5 Å². The maximum Gasteiger partial charge on any atom is 0.213 e. The number of hydrogen-bond acceptors (Lipinski definition) is 5. The van der Waals surface area contributed by atoms with Gasteiger partial charge in [-0.15, -0.1) is 0 Å². The second-order valence-electron chi connectivity index (χ2n) is 6.75. The molecule has 1 unspecified atom stereocenters. The third-order valence-electron chi connectivity index (χ3n) is 4.79. The van der Waals surface area contributed by atoms with Gasteiger partial charge >= 0.3 is 0 Å². The molecule has 1 aromatic carbocycles. The van der Waals surface area contributed by atoms with Crippen LogP contribution in [0.25, 0.3) is 0 Å². The summed E-state index contributed by atoms with van der Waals surface area (Å²) in [5.74, 6) is 2.24. The maximum absolute atomic E-state index is 6.19. The average Bonchev–Trinajstić information content (AvgIpc) is 3.20. The number of nitrogens with zero attached hydrogens (tertiary/aromatic N) is 3. The van der Waals surface area contributed by atoms with E-state index < -0.39 is 0 Å². The summed E-state index contributed by atoms with van der Waals surface area (Å²) in [4.78, 5) is 10.8. The SMILES string of the molecule is CCOc1cc(CNC(=NC)NC2CCN(c3cc(Cl)ccc3OC)C2)ccn1. The van der Waals surface area contributed by atoms with Crippen molar-refractivity contribution in [2.24, 2.45) is 4.99 Å². The molecule has 2 aromatic rings. The first kappa shape index (κ1) is 21.0. The van der Waals surface area contributed by atoms with Gasteiger partial charge in [-0.2, -0.15) is 0 Å². The van der Waals surface area contributed by atoms with Gasteiger partial charge in [0.1, 0.15) is 5.75 Å². The molecule has 2 heterocycles. The molecule has 0 aliphatic carbocycles. The van der Waals surface area contributed by atoms with Crippen molar-refractivity contribution in [3.8, 4) is 11.6 Å². The van der Waals surface area contributed by atoms with Crippen molar-refractivity contribution in [3.05, 3.63) is 47.1 Å². The van der Waals surface area contributed by atoms with E-state index in [1.165, 1.54) is 0 Å². The lowest BCUT2D eigenvalue weighted by molar-refractivity contribution is 0.326. The highest BCUT2D eigenvalue weighted by Crippen LogP contribution is 2.33. The minimum absolute atomic E-state index is 0.279. The Balaban J connectivity index is 1.56. The summed E-state index contributed by atoms with van der Waals surface area (Å²) in [6.45, 7) is 4.96. The molecule has 7 nitrogen and oxygen atoms in total. The van der Waals surface area contributed by atoms with Gasteiger partial charge in [-0.3, -0.25) is 4.99 Å². The van der Waals surface area contributed by atoms with E-state index in [1.807, 2.05) is 37.3 Å². The molecular weight excluding hydrogens is 390 g/mol. The molecule has 156 valence electrons. The van der Waals surface area contributed by atoms with E-state index in [4.69, 9.17) is 21.1 Å². The molecule has 1 aliphatic rings. The molecule has 0 spiro atoms. The Kier molecular flexibility index (Phi) is 7.41. The van der Waals surface area contributed by atoms with E-state index >= 15 is 0 Å². The molecule has 3 rings (SSSR count). The van der Waals surface area contributed by atoms with Crippen LogP contribution in [0.15, 0.2) is 41.5 Å². The summed E-state index contributed by atoms with van der Waals surface area (Å²) in [7, 11) is 3.46. The first-order valence-corrected chi connectivity index (χ1v) is 10.1. The van der Waals surface area contributed by atoms with Crippen LogP contribution in [0.3, 0.4) is 0 Å². The first-order valence-electron chi connectivity index (χ1n) is 9.76. The predicted molar refractivity (Wildman–Crippen MR) is 117 cm³/mol. The molecule has 0 bridgehead atoms. The number of aliphatic imine (C=N–C) groups is 1. The molecule has 2 N–H and O–H groups in total. The number of methoxy groups -OCH3 is 1. The van der Waals surface area contributed by atoms with Crippen LogP contribution < -0.4 is 25.0 Å². The van der Waals surface area contributed by atoms with Gasteiger partial charge in [0.2, 0.25) is 5.88 Å². The lowest BCUT2D eigenvalue weighted by Gasteiger charge is -2.22. The van der Waals surface area contributed by atoms with Gasteiger partial charge in [-0.1, -0.05) is 11.6 Å². The van der Waals surface area contributed by atoms with Crippen LogP contribution in [0, 0.1) is 0 Å². The molecule has 29 heavy (non-hydrogen) atoms. The highest BCUT2D eigenvalue weighted by Gasteiger charge is 2.25. The van der Waals surface area contributed by atoms with Gasteiger partial charge in [0, 0.05) is 50.0 Å². The van der Waals surface area contributed by atoms with Crippen LogP contribution in [0.5, 0.6) is 11.6 Å². The van der Waals surface area contributed by atoms with Gasteiger partial charge in [0.15, 0.2) is 5.96 Å². The monoisotopic (exact) mass is 417 g/mol. The lowest BCUT2D eigenvalue weighted by atomic mass is 10.2. The number of halogens is 1. The topological polar surface area (TPSA) is 71.0 Å². The zero-order valence-electron chi connectivity index (χ0n) is 17.1. The third kappa shape index (κ3) is 5.67. The van der Waals surface area contributed by atoms with Crippen LogP contribution >= 0.6 is 11.6 Å². The van der Waals surface area contributed by atoms with Gasteiger partial charge in [0.25, 0.3) is 0 Å². The quantitative estimate of drug-likeness (QED) is 0.533. The summed E-state index contributed by atoms with van der Waals surface area (Å²) < 4.78 is 11.0. The minimum atomic E-state index is 0.279. The van der Waals surface area contributed by atoms with Crippen molar-refractivity contribution >= 4 is 23.2 Å². The van der Waals surface area contributed by atoms with Gasteiger partial charge in [-0.05, 0) is 43.2 Å². The lowest BCUT2D eigenvalue weighted by Crippen LogP contribution is -2.44. The van der Waals surface area contributed by atoms with Crippen LogP contribution in [0.1, 0.15) is 18.9 Å². The number of benzene rings is 1. The number of ether oxygens (including phenoxy) is 2. The zero-order valence-corrected chi connectivity index (χ0v) is 17.9. The van der Waals surface area contributed by atoms with E-state index in [0.29, 0.717) is 24.1 Å². The number of nitrogens with one attached hydrogen (secondary N) is 2. The summed E-state index contributed by atoms with van der Waals surface area (Å²) in [6.07, 6.45) is 2.76. The number of rotatable bonds is 7. The second kappa shape index (κ2) is 10.2. The Hall–Kier alpha value is -2.67. The van der Waals surface area contributed by atoms with Crippen molar-refractivity contribution in [3.63, 3.8) is 0 Å². The van der Waals surface area contributed by atoms with Crippen molar-refractivity contribution in [2.75, 3.05) is 38.8 Å². The molecule has 1 aromatic heterocycles. The molecule has 1 aliphatic heterocycles. The Morgan fingerprint density at radius 1 is 1.34 bits per heavy atom. The normalized spacial score (nSPS) is 16.6. The van der Waals surface area contributed by atoms with E-state index in [1.54, 1.807) is 20.4 Å². The molecule has 1 saturated heterocycles. The molecule has 0 saturated carbocycles. The van der Waals surface area contributed by atoms with Crippen LogP contribution in [0.4, 0.5) is 5.69 Å². The van der Waals surface area contributed by atoms with Crippen molar-refractivity contribution in [2.45, 2.75) is 25.9 Å². The number of anilines is 1. The Bertz CT molecular complexity index is 846. The number of guanidine groups is 1. The Morgan fingerprint density at radius 2 is 2.21 bits per heavy atom. The summed E-state index contributed by atoms with van der Waals surface area (Å²) >= 11 is 6.19. The van der Waals surface area contributed by atoms with E-state index in [9.17, 15) is 0 Å². The van der Waals surface area contributed by atoms with Crippen molar-refractivity contribution in [1.82, 2.24) is 15.6 Å². The number of aromatic nitrogens is 1. The highest BCUT2D eigenvalue weighted by atomic mass is 35.5. The standard InChI is InChI=1S/C21H28ClN5O2/c1-4-29-20-11-15(7-9-24-20)13-25-21(23-2)26-17-8-10-27(14-17)18-12-16(22)5-6-19(18)28-3/h5-7,9,11-12,17H,4,8,10,13-14H2,1-3H3,(H2,23,25,26). The average molecular weight is 418 g/mol. The zero-order chi connectivity index (χ0) is 20.6. The third-order valence-corrected chi connectivity index (χ3v) is 5.02. The molecular formula is C21H28ClN5O2. The second-order valence-corrected chi connectivity index (χ2v) is 7.19. The predicted octanol–water partition coefficient (Wildman–Crippen LogP) is 3.09. The molecule has 1 fully saturated rings. The van der Waals surface area contributed by atoms with Gasteiger partial charge in [0.05, 0.1) is 19.4 Å². The van der Waals surface area contributed by atoms with Crippen LogP contribution in [0.2, 0.25) is 5.02 Å². The summed E-state index contributed by atoms with van der Waals surface area (Å²) in [5.41, 5.74) is 2.11. The number of pyridine rings is 1. The molecule has 0 radical (unpaired) electrons. The van der Waals surface area contributed by atoms with Crippen LogP contribution in [-0.4, -0.2) is 50.8 Å². The Morgan fingerprint density at radius 3 is 2.97 bits per heavy atom. The fourth-order valence-corrected chi connectivity index (χ4v) is 3.53. The minimum Gasteiger partial charge on any atom is -0.495 e. The van der Waals surface area contributed by atoms with E-state index in [2.05, 4.69) is 25.5 Å². The van der Waals surface area contributed by atoms with Crippen molar-refractivity contribution < 1.29 is 9.47 Å². The van der Waals surface area contributed by atoms with E-state index in [-0.39, 0.29) is 6.04 Å². The highest BCUT2D eigenvalue weighted by molar-refractivity contribution is 6.30.